The molecule has 0 heterocycles. The van der Waals surface area contributed by atoms with Crippen LogP contribution < -0.4 is 0 Å². The van der Waals surface area contributed by atoms with Crippen molar-refractivity contribution in [3.63, 3.8) is 0 Å². The van der Waals surface area contributed by atoms with Crippen LogP contribution in [0.3, 0.4) is 0 Å². The molecule has 26 heavy (non-hydrogen) atoms. The maximum atomic E-state index is 6.84. The normalized spacial score (nSPS) is 14.8. The molecule has 0 aromatic rings. The van der Waals surface area contributed by atoms with Gasteiger partial charge in [-0.3, -0.25) is 0 Å². The molecule has 0 saturated heterocycles. The molecule has 0 amide bonds. The highest BCUT2D eigenvalue weighted by Gasteiger charge is 2.54. The quantitative estimate of drug-likeness (QED) is 0.323. The van der Waals surface area contributed by atoms with Gasteiger partial charge in [0.15, 0.2) is 0 Å². The van der Waals surface area contributed by atoms with Gasteiger partial charge in [0.25, 0.3) is 0 Å². The molecule has 0 aliphatic rings. The van der Waals surface area contributed by atoms with E-state index < -0.39 is 32.9 Å². The highest BCUT2D eigenvalue weighted by atomic mass is 28.4. The smallest absolute Gasteiger partial charge is 0.519 e. The summed E-state index contributed by atoms with van der Waals surface area (Å²) in [5, 5.41) is 0. The lowest BCUT2D eigenvalue weighted by atomic mass is 9.93. The molecule has 0 fully saturated rings. The van der Waals surface area contributed by atoms with E-state index in [1.807, 2.05) is 0 Å². The minimum absolute atomic E-state index is 0.0263. The minimum Gasteiger partial charge on any atom is -0.538 e. The summed E-state index contributed by atoms with van der Waals surface area (Å²) in [7, 11) is -6.37. The first-order chi connectivity index (χ1) is 11.0. The molecule has 0 saturated carbocycles. The highest BCUT2D eigenvalue weighted by Crippen LogP contribution is 2.34. The Morgan fingerprint density at radius 2 is 0.885 bits per heavy atom. The average Bonchev–Trinajstić information content (AvgIpc) is 2.17. The van der Waals surface area contributed by atoms with Crippen LogP contribution in [0.15, 0.2) is 12.3 Å². The van der Waals surface area contributed by atoms with E-state index in [9.17, 15) is 0 Å². The summed E-state index contributed by atoms with van der Waals surface area (Å²) in [5.74, 6) is 0.908. The van der Waals surface area contributed by atoms with Gasteiger partial charge >= 0.3 is 7.19 Å². The zero-order chi connectivity index (χ0) is 21.5. The van der Waals surface area contributed by atoms with Crippen molar-refractivity contribution in [3.8, 4) is 0 Å². The topological polar surface area (TPSA) is 15.7 Å². The molecule has 0 N–H and O–H groups in total. The zero-order valence-electron chi connectivity index (χ0n) is 20.6. The van der Waals surface area contributed by atoms with E-state index in [0.717, 1.165) is 5.76 Å². The molecule has 8 heteroatoms. The van der Waals surface area contributed by atoms with E-state index in [4.69, 9.17) is 4.65 Å². The van der Waals surface area contributed by atoms with Crippen molar-refractivity contribution < 1.29 is 4.65 Å². The monoisotopic (exact) mass is 430 g/mol. The van der Waals surface area contributed by atoms with Gasteiger partial charge in [-0.15, -0.1) is 0 Å². The third-order valence-electron chi connectivity index (χ3n) is 4.42. The molecule has 0 aliphatic heterocycles. The van der Waals surface area contributed by atoms with Gasteiger partial charge in [0.1, 0.15) is 32.9 Å². The lowest BCUT2D eigenvalue weighted by Gasteiger charge is -2.55. The Morgan fingerprint density at radius 3 is 1.04 bits per heavy atom. The Kier molecular flexibility index (Phi) is 8.15. The minimum atomic E-state index is -1.60. The summed E-state index contributed by atoms with van der Waals surface area (Å²) in [6, 6.07) is 0. The van der Waals surface area contributed by atoms with Gasteiger partial charge in [-0.2, -0.15) is 0 Å². The van der Waals surface area contributed by atoms with Gasteiger partial charge in [-0.25, -0.2) is 0 Å². The number of allylic oxidation sites excluding steroid dienone is 1. The molecule has 0 aromatic heterocycles. The van der Waals surface area contributed by atoms with E-state index in [1.54, 1.807) is 0 Å². The van der Waals surface area contributed by atoms with E-state index >= 15 is 0 Å². The first kappa shape index (κ1) is 26.4. The fourth-order valence-corrected chi connectivity index (χ4v) is 23.7. The average molecular weight is 431 g/mol. The first-order valence-electron chi connectivity index (χ1n) is 9.95. The molecular formula is C18H47BN2OSi4. The van der Waals surface area contributed by atoms with Crippen LogP contribution in [0.2, 0.25) is 78.6 Å². The van der Waals surface area contributed by atoms with Gasteiger partial charge in [-0.05, 0) is 0 Å². The molecule has 0 rings (SSSR count). The number of hydrogen-bond donors (Lipinski definition) is 0. The summed E-state index contributed by atoms with van der Waals surface area (Å²) >= 11 is 0. The van der Waals surface area contributed by atoms with Crippen LogP contribution in [0, 0.1) is 5.41 Å². The van der Waals surface area contributed by atoms with Crippen LogP contribution >= 0.6 is 0 Å². The van der Waals surface area contributed by atoms with Crippen molar-refractivity contribution in [1.82, 2.24) is 8.28 Å². The van der Waals surface area contributed by atoms with Crippen LogP contribution in [0.4, 0.5) is 0 Å². The van der Waals surface area contributed by atoms with Gasteiger partial charge in [-0.1, -0.05) is 106 Å². The van der Waals surface area contributed by atoms with E-state index in [1.165, 1.54) is 0 Å². The predicted molar refractivity (Wildman–Crippen MR) is 132 cm³/mol. The van der Waals surface area contributed by atoms with Crippen molar-refractivity contribution in [1.29, 1.82) is 0 Å². The van der Waals surface area contributed by atoms with Crippen LogP contribution in [0.1, 0.15) is 20.8 Å². The second-order valence-electron chi connectivity index (χ2n) is 12.5. The maximum Gasteiger partial charge on any atom is 0.519 e. The summed E-state index contributed by atoms with van der Waals surface area (Å²) < 4.78 is 12.5. The molecular weight excluding hydrogens is 383 g/mol. The predicted octanol–water partition coefficient (Wildman–Crippen LogP) is 6.49. The standard InChI is InChI=1S/C18H47BN2OSi4/c1-17(18(2,3)4)22-19(20(23(5,6)7)24(8,9)10)21(25(11,12)13)26(14,15)16/h1H2,2-16H3. The van der Waals surface area contributed by atoms with Crippen molar-refractivity contribution in [2.24, 2.45) is 5.41 Å². The highest BCUT2D eigenvalue weighted by molar-refractivity contribution is 7.05. The molecule has 0 aliphatic carbocycles. The molecule has 0 aromatic carbocycles. The van der Waals surface area contributed by atoms with E-state index in [-0.39, 0.29) is 12.6 Å². The SMILES string of the molecule is C=C(OB(N([Si](C)(C)C)[Si](C)(C)C)N([Si](C)(C)C)[Si](C)(C)C)C(C)(C)C. The van der Waals surface area contributed by atoms with Gasteiger partial charge in [0.2, 0.25) is 0 Å². The second-order valence-corrected chi connectivity index (χ2v) is 32.7. The maximum absolute atomic E-state index is 6.84. The van der Waals surface area contributed by atoms with Gasteiger partial charge in [0.05, 0.1) is 5.76 Å². The molecule has 0 radical (unpaired) electrons. The summed E-state index contributed by atoms with van der Waals surface area (Å²) in [4.78, 5) is 0. The molecule has 0 spiro atoms. The van der Waals surface area contributed by atoms with Gasteiger partial charge in [0, 0.05) is 5.41 Å². The Hall–Kier alpha value is 0.392. The Labute approximate surface area is 170 Å². The molecule has 0 unspecified atom stereocenters. The van der Waals surface area contributed by atoms with Crippen LogP contribution in [-0.4, -0.2) is 48.4 Å². The summed E-state index contributed by atoms with van der Waals surface area (Å²) in [6.07, 6.45) is 0. The molecule has 3 nitrogen and oxygen atoms in total. The van der Waals surface area contributed by atoms with Crippen molar-refractivity contribution in [2.75, 3.05) is 0 Å². The van der Waals surface area contributed by atoms with E-state index in [0.29, 0.717) is 0 Å². The second kappa shape index (κ2) is 8.02. The third-order valence-corrected chi connectivity index (χ3v) is 19.1. The van der Waals surface area contributed by atoms with Crippen LogP contribution in [-0.2, 0) is 4.65 Å². The Bertz CT molecular complexity index is 434. The lowest BCUT2D eigenvalue weighted by molar-refractivity contribution is 0.274. The third kappa shape index (κ3) is 7.43. The van der Waals surface area contributed by atoms with Crippen molar-refractivity contribution in [2.45, 2.75) is 99.3 Å². The fraction of sp³-hybridized carbons (Fsp3) is 0.889. The van der Waals surface area contributed by atoms with Crippen LogP contribution in [0.25, 0.3) is 0 Å². The zero-order valence-corrected chi connectivity index (χ0v) is 24.6. The van der Waals surface area contributed by atoms with Crippen molar-refractivity contribution >= 4 is 40.1 Å². The summed E-state index contributed by atoms with van der Waals surface area (Å²) in [6.45, 7) is 40.5. The van der Waals surface area contributed by atoms with E-state index in [2.05, 4.69) is 114 Å². The fourth-order valence-electron chi connectivity index (χ4n) is 3.86. The molecule has 154 valence electrons. The Morgan fingerprint density at radius 1 is 0.654 bits per heavy atom. The summed E-state index contributed by atoms with van der Waals surface area (Å²) in [5.41, 5.74) is -0.0483. The van der Waals surface area contributed by atoms with Crippen LogP contribution in [0.5, 0.6) is 0 Å². The molecule has 0 atom stereocenters. The first-order valence-corrected chi connectivity index (χ1v) is 23.7. The Balaban J connectivity index is 6.56. The number of rotatable bonds is 8. The number of hydrogen-bond acceptors (Lipinski definition) is 3. The lowest BCUT2D eigenvalue weighted by Crippen LogP contribution is -2.78. The molecule has 0 bridgehead atoms. The van der Waals surface area contributed by atoms with Gasteiger partial charge < -0.3 is 12.9 Å². The van der Waals surface area contributed by atoms with Crippen molar-refractivity contribution in [3.05, 3.63) is 12.3 Å². The number of nitrogens with zero attached hydrogens (tertiary/aromatic N) is 2. The largest absolute Gasteiger partial charge is 0.538 e.